The second-order valence-electron chi connectivity index (χ2n) is 8.61. The molecule has 0 bridgehead atoms. The number of carbonyl (C=O) groups excluding carboxylic acids is 3. The molecule has 0 radical (unpaired) electrons. The molecule has 0 saturated carbocycles. The summed E-state index contributed by atoms with van der Waals surface area (Å²) in [5, 5.41) is 20.3. The van der Waals surface area contributed by atoms with Gasteiger partial charge in [0.15, 0.2) is 0 Å². The standard InChI is InChI=1S/C20H36N4O5S/c1-11(2)8-14(18(26)23-15(20(28)29)9-12(3)4)22-19(27)16(10-30)24-17(25)13-6-5-7-21-13/h11-16,21,30H,5-10H2,1-4H3,(H,22,27)(H,23,26)(H,24,25)(H,28,29). The van der Waals surface area contributed by atoms with E-state index in [4.69, 9.17) is 0 Å². The Kier molecular flexibility index (Phi) is 11.2. The van der Waals surface area contributed by atoms with Gasteiger partial charge in [0, 0.05) is 5.75 Å². The average Bonchev–Trinajstić information content (AvgIpc) is 3.18. The van der Waals surface area contributed by atoms with E-state index in [1.807, 2.05) is 27.7 Å². The van der Waals surface area contributed by atoms with Crippen LogP contribution < -0.4 is 21.3 Å². The van der Waals surface area contributed by atoms with Crippen LogP contribution in [0.3, 0.4) is 0 Å². The fraction of sp³-hybridized carbons (Fsp3) is 0.800. The first kappa shape index (κ1) is 26.2. The van der Waals surface area contributed by atoms with Crippen molar-refractivity contribution in [3.63, 3.8) is 0 Å². The Morgan fingerprint density at radius 3 is 1.93 bits per heavy atom. The number of carboxylic acid groups (broad SMARTS) is 1. The molecule has 172 valence electrons. The molecule has 0 aromatic rings. The van der Waals surface area contributed by atoms with Crippen molar-refractivity contribution in [2.45, 2.75) is 77.5 Å². The van der Waals surface area contributed by atoms with Crippen molar-refractivity contribution in [1.29, 1.82) is 0 Å². The number of thiol groups is 1. The highest BCUT2D eigenvalue weighted by atomic mass is 32.1. The molecule has 1 fully saturated rings. The molecule has 1 saturated heterocycles. The molecule has 1 rings (SSSR count). The molecule has 4 atom stereocenters. The van der Waals surface area contributed by atoms with Crippen LogP contribution in [-0.2, 0) is 19.2 Å². The molecule has 30 heavy (non-hydrogen) atoms. The van der Waals surface area contributed by atoms with E-state index in [1.165, 1.54) is 0 Å². The second-order valence-corrected chi connectivity index (χ2v) is 8.98. The summed E-state index contributed by atoms with van der Waals surface area (Å²) in [6, 6.07) is -3.16. The summed E-state index contributed by atoms with van der Waals surface area (Å²) in [5.74, 6) is -2.21. The molecule has 0 aromatic carbocycles. The highest BCUT2D eigenvalue weighted by Gasteiger charge is 2.31. The van der Waals surface area contributed by atoms with E-state index < -0.39 is 35.9 Å². The van der Waals surface area contributed by atoms with Crippen LogP contribution in [0.2, 0.25) is 0 Å². The first-order valence-electron chi connectivity index (χ1n) is 10.5. The molecule has 1 heterocycles. The Labute approximate surface area is 183 Å². The van der Waals surface area contributed by atoms with Crippen molar-refractivity contribution < 1.29 is 24.3 Å². The van der Waals surface area contributed by atoms with Gasteiger partial charge in [0.1, 0.15) is 18.1 Å². The molecule has 1 aliphatic rings. The number of amides is 3. The van der Waals surface area contributed by atoms with E-state index >= 15 is 0 Å². The van der Waals surface area contributed by atoms with Crippen LogP contribution in [0.1, 0.15) is 53.4 Å². The van der Waals surface area contributed by atoms with Gasteiger partial charge in [-0.1, -0.05) is 27.7 Å². The van der Waals surface area contributed by atoms with Gasteiger partial charge < -0.3 is 26.4 Å². The average molecular weight is 445 g/mol. The number of carboxylic acids is 1. The minimum atomic E-state index is -1.11. The van der Waals surface area contributed by atoms with Crippen LogP contribution in [0.15, 0.2) is 0 Å². The first-order valence-corrected chi connectivity index (χ1v) is 11.2. The van der Waals surface area contributed by atoms with Crippen molar-refractivity contribution in [1.82, 2.24) is 21.3 Å². The monoisotopic (exact) mass is 444 g/mol. The van der Waals surface area contributed by atoms with Gasteiger partial charge in [0.2, 0.25) is 17.7 Å². The third kappa shape index (κ3) is 8.91. The number of aliphatic carboxylic acids is 1. The quantitative estimate of drug-likeness (QED) is 0.240. The number of hydrogen-bond donors (Lipinski definition) is 6. The molecule has 3 amide bonds. The molecule has 5 N–H and O–H groups in total. The fourth-order valence-corrected chi connectivity index (χ4v) is 3.57. The van der Waals surface area contributed by atoms with Gasteiger partial charge in [-0.05, 0) is 44.1 Å². The minimum absolute atomic E-state index is 0.0748. The maximum Gasteiger partial charge on any atom is 0.326 e. The molecule has 4 unspecified atom stereocenters. The number of rotatable bonds is 12. The van der Waals surface area contributed by atoms with Crippen LogP contribution in [0.5, 0.6) is 0 Å². The van der Waals surface area contributed by atoms with E-state index in [9.17, 15) is 24.3 Å². The zero-order chi connectivity index (χ0) is 22.8. The number of hydrogen-bond acceptors (Lipinski definition) is 6. The van der Waals surface area contributed by atoms with Crippen LogP contribution in [-0.4, -0.2) is 65.3 Å². The highest BCUT2D eigenvalue weighted by Crippen LogP contribution is 2.10. The molecule has 0 aliphatic carbocycles. The Morgan fingerprint density at radius 2 is 1.47 bits per heavy atom. The van der Waals surface area contributed by atoms with Gasteiger partial charge in [0.25, 0.3) is 0 Å². The van der Waals surface area contributed by atoms with Gasteiger partial charge in [-0.15, -0.1) is 0 Å². The summed E-state index contributed by atoms with van der Waals surface area (Å²) < 4.78 is 0. The third-order valence-corrected chi connectivity index (χ3v) is 5.22. The SMILES string of the molecule is CC(C)CC(NC(=O)C(CC(C)C)NC(=O)C(CS)NC(=O)C1CCCN1)C(=O)O. The van der Waals surface area contributed by atoms with Gasteiger partial charge in [-0.3, -0.25) is 14.4 Å². The van der Waals surface area contributed by atoms with Crippen LogP contribution in [0.25, 0.3) is 0 Å². The van der Waals surface area contributed by atoms with Crippen molar-refractivity contribution in [2.24, 2.45) is 11.8 Å². The minimum Gasteiger partial charge on any atom is -0.480 e. The normalized spacial score (nSPS) is 19.2. The lowest BCUT2D eigenvalue weighted by molar-refractivity contribution is -0.143. The van der Waals surface area contributed by atoms with Crippen molar-refractivity contribution >= 4 is 36.3 Å². The zero-order valence-corrected chi connectivity index (χ0v) is 19.1. The third-order valence-electron chi connectivity index (χ3n) is 4.85. The van der Waals surface area contributed by atoms with Gasteiger partial charge in [0.05, 0.1) is 6.04 Å². The van der Waals surface area contributed by atoms with Crippen molar-refractivity contribution in [3.8, 4) is 0 Å². The molecule has 0 spiro atoms. The fourth-order valence-electron chi connectivity index (χ4n) is 3.32. The van der Waals surface area contributed by atoms with Crippen LogP contribution >= 0.6 is 12.6 Å². The highest BCUT2D eigenvalue weighted by molar-refractivity contribution is 7.80. The first-order chi connectivity index (χ1) is 14.0. The van der Waals surface area contributed by atoms with E-state index in [1.54, 1.807) is 0 Å². The Bertz CT molecular complexity index is 608. The summed E-state index contributed by atoms with van der Waals surface area (Å²) in [7, 11) is 0. The largest absolute Gasteiger partial charge is 0.480 e. The molecule has 9 nitrogen and oxygen atoms in total. The van der Waals surface area contributed by atoms with E-state index in [-0.39, 0.29) is 36.0 Å². The lowest BCUT2D eigenvalue weighted by atomic mass is 10.0. The summed E-state index contributed by atoms with van der Waals surface area (Å²) >= 11 is 4.16. The molecule has 0 aromatic heterocycles. The topological polar surface area (TPSA) is 137 Å². The Morgan fingerprint density at radius 1 is 0.933 bits per heavy atom. The predicted molar refractivity (Wildman–Crippen MR) is 117 cm³/mol. The second kappa shape index (κ2) is 12.8. The van der Waals surface area contributed by atoms with Crippen molar-refractivity contribution in [3.05, 3.63) is 0 Å². The molecule has 1 aliphatic heterocycles. The van der Waals surface area contributed by atoms with E-state index in [2.05, 4.69) is 33.9 Å². The lowest BCUT2D eigenvalue weighted by Gasteiger charge is -2.26. The van der Waals surface area contributed by atoms with Crippen molar-refractivity contribution in [2.75, 3.05) is 12.3 Å². The van der Waals surface area contributed by atoms with E-state index in [0.717, 1.165) is 13.0 Å². The zero-order valence-electron chi connectivity index (χ0n) is 18.2. The Balaban J connectivity index is 2.80. The van der Waals surface area contributed by atoms with Crippen LogP contribution in [0, 0.1) is 11.8 Å². The van der Waals surface area contributed by atoms with Gasteiger partial charge in [-0.2, -0.15) is 12.6 Å². The molecule has 10 heteroatoms. The van der Waals surface area contributed by atoms with E-state index in [0.29, 0.717) is 12.8 Å². The molecular formula is C20H36N4O5S. The summed E-state index contributed by atoms with van der Waals surface area (Å²) in [6.07, 6.45) is 2.22. The maximum atomic E-state index is 12.7. The summed E-state index contributed by atoms with van der Waals surface area (Å²) in [4.78, 5) is 49.3. The number of nitrogens with one attached hydrogen (secondary N) is 4. The van der Waals surface area contributed by atoms with Crippen LogP contribution in [0.4, 0.5) is 0 Å². The predicted octanol–water partition coefficient (Wildman–Crippen LogP) is 0.299. The summed E-state index contributed by atoms with van der Waals surface area (Å²) in [5.41, 5.74) is 0. The van der Waals surface area contributed by atoms with Gasteiger partial charge in [-0.25, -0.2) is 4.79 Å². The Hall–Kier alpha value is -1.81. The lowest BCUT2D eigenvalue weighted by Crippen LogP contribution is -2.57. The van der Waals surface area contributed by atoms with Gasteiger partial charge >= 0.3 is 5.97 Å². The maximum absolute atomic E-state index is 12.7. The molecular weight excluding hydrogens is 408 g/mol. The summed E-state index contributed by atoms with van der Waals surface area (Å²) in [6.45, 7) is 8.30. The number of carbonyl (C=O) groups is 4. The smallest absolute Gasteiger partial charge is 0.326 e.